The minimum Gasteiger partial charge on any atom is -0.480 e. The zero-order valence-electron chi connectivity index (χ0n) is 8.77. The van der Waals surface area contributed by atoms with Crippen LogP contribution in [0.3, 0.4) is 0 Å². The van der Waals surface area contributed by atoms with E-state index < -0.39 is 30.2 Å². The van der Waals surface area contributed by atoms with E-state index in [0.29, 0.717) is 0 Å². The van der Waals surface area contributed by atoms with Gasteiger partial charge < -0.3 is 19.9 Å². The number of hydrogen-bond donors (Lipinski definition) is 2. The predicted molar refractivity (Wildman–Crippen MR) is 50.0 cm³/mol. The summed E-state index contributed by atoms with van der Waals surface area (Å²) in [6.07, 6.45) is 0.966. The molecular weight excluding hydrogens is 218 g/mol. The number of carbonyl (C=O) groups is 3. The summed E-state index contributed by atoms with van der Waals surface area (Å²) in [7, 11) is 0. The van der Waals surface area contributed by atoms with Crippen molar-refractivity contribution in [2.24, 2.45) is 0 Å². The topological polar surface area (TPSA) is 102 Å². The van der Waals surface area contributed by atoms with Crippen LogP contribution in [-0.4, -0.2) is 35.3 Å². The second kappa shape index (κ2) is 4.21. The summed E-state index contributed by atoms with van der Waals surface area (Å²) >= 11 is 0. The van der Waals surface area contributed by atoms with Crippen molar-refractivity contribution in [1.29, 1.82) is 0 Å². The van der Waals surface area contributed by atoms with Crippen molar-refractivity contribution in [2.45, 2.75) is 19.6 Å². The summed E-state index contributed by atoms with van der Waals surface area (Å²) in [6, 6.07) is 0. The molecule has 88 valence electrons. The minimum atomic E-state index is -1.29. The molecule has 0 aliphatic carbocycles. The summed E-state index contributed by atoms with van der Waals surface area (Å²) in [5.74, 6) is -4.11. The van der Waals surface area contributed by atoms with Gasteiger partial charge in [-0.3, -0.25) is 4.79 Å². The van der Waals surface area contributed by atoms with Gasteiger partial charge in [0.25, 0.3) is 5.79 Å². The number of esters is 2. The number of rotatable bonds is 3. The van der Waals surface area contributed by atoms with Gasteiger partial charge >= 0.3 is 17.9 Å². The molecule has 0 atom stereocenters. The molecule has 0 aromatic rings. The van der Waals surface area contributed by atoms with Crippen molar-refractivity contribution in [1.82, 2.24) is 5.32 Å². The van der Waals surface area contributed by atoms with Crippen LogP contribution in [0.1, 0.15) is 13.8 Å². The van der Waals surface area contributed by atoms with Crippen LogP contribution in [-0.2, 0) is 23.9 Å². The van der Waals surface area contributed by atoms with E-state index >= 15 is 0 Å². The standard InChI is InChI=1S/C9H11NO6/c1-9(2)15-7(13)5(8(14)16-9)3-10-4-6(11)12/h3,10H,4H2,1-2H3,(H,11,12). The van der Waals surface area contributed by atoms with Crippen LogP contribution >= 0.6 is 0 Å². The van der Waals surface area contributed by atoms with Gasteiger partial charge in [-0.2, -0.15) is 0 Å². The van der Waals surface area contributed by atoms with Gasteiger partial charge in [0.05, 0.1) is 0 Å². The first-order valence-electron chi connectivity index (χ1n) is 4.44. The first-order valence-corrected chi connectivity index (χ1v) is 4.44. The van der Waals surface area contributed by atoms with Gasteiger partial charge in [-0.05, 0) is 0 Å². The Labute approximate surface area is 91.0 Å². The number of cyclic esters (lactones) is 2. The molecular formula is C9H11NO6. The normalized spacial score (nSPS) is 18.5. The molecule has 0 bridgehead atoms. The van der Waals surface area contributed by atoms with Gasteiger partial charge in [0.2, 0.25) is 0 Å². The Morgan fingerprint density at radius 2 is 1.88 bits per heavy atom. The summed E-state index contributed by atoms with van der Waals surface area (Å²) in [5.41, 5.74) is -0.361. The molecule has 1 fully saturated rings. The molecule has 1 rings (SSSR count). The number of carboxylic acids is 1. The van der Waals surface area contributed by atoms with Crippen molar-refractivity contribution < 1.29 is 29.0 Å². The Bertz CT molecular complexity index is 348. The van der Waals surface area contributed by atoms with Crippen LogP contribution in [0.2, 0.25) is 0 Å². The molecule has 0 aromatic carbocycles. The van der Waals surface area contributed by atoms with E-state index in [9.17, 15) is 14.4 Å². The van der Waals surface area contributed by atoms with Crippen molar-refractivity contribution in [3.8, 4) is 0 Å². The second-order valence-electron chi connectivity index (χ2n) is 3.51. The van der Waals surface area contributed by atoms with E-state index in [1.807, 2.05) is 0 Å². The lowest BCUT2D eigenvalue weighted by molar-refractivity contribution is -0.222. The molecule has 1 aliphatic rings. The maximum atomic E-state index is 11.3. The molecule has 0 spiro atoms. The Hall–Kier alpha value is -2.05. The highest BCUT2D eigenvalue weighted by molar-refractivity contribution is 6.15. The summed E-state index contributed by atoms with van der Waals surface area (Å²) in [4.78, 5) is 32.8. The zero-order chi connectivity index (χ0) is 12.3. The van der Waals surface area contributed by atoms with Gasteiger partial charge in [-0.15, -0.1) is 0 Å². The highest BCUT2D eigenvalue weighted by Crippen LogP contribution is 2.21. The molecule has 0 saturated carbocycles. The quantitative estimate of drug-likeness (QED) is 0.377. The Balaban J connectivity index is 2.71. The van der Waals surface area contributed by atoms with Crippen LogP contribution in [0.4, 0.5) is 0 Å². The Kier molecular flexibility index (Phi) is 3.17. The summed E-state index contributed by atoms with van der Waals surface area (Å²) in [5, 5.41) is 10.6. The maximum absolute atomic E-state index is 11.3. The molecule has 0 amide bonds. The van der Waals surface area contributed by atoms with Gasteiger partial charge in [-0.25, -0.2) is 9.59 Å². The molecule has 7 nitrogen and oxygen atoms in total. The lowest BCUT2D eigenvalue weighted by Gasteiger charge is -2.29. The van der Waals surface area contributed by atoms with Crippen molar-refractivity contribution >= 4 is 17.9 Å². The number of nitrogens with one attached hydrogen (secondary N) is 1. The lowest BCUT2D eigenvalue weighted by Crippen LogP contribution is -2.42. The van der Waals surface area contributed by atoms with Crippen LogP contribution in [0.5, 0.6) is 0 Å². The highest BCUT2D eigenvalue weighted by Gasteiger charge is 2.38. The fourth-order valence-electron chi connectivity index (χ4n) is 1.02. The zero-order valence-corrected chi connectivity index (χ0v) is 8.77. The van der Waals surface area contributed by atoms with Crippen molar-refractivity contribution in [3.63, 3.8) is 0 Å². The fraction of sp³-hybridized carbons (Fsp3) is 0.444. The molecule has 16 heavy (non-hydrogen) atoms. The van der Waals surface area contributed by atoms with Crippen molar-refractivity contribution in [3.05, 3.63) is 11.8 Å². The second-order valence-corrected chi connectivity index (χ2v) is 3.51. The van der Waals surface area contributed by atoms with Crippen LogP contribution < -0.4 is 5.32 Å². The van der Waals surface area contributed by atoms with Gasteiger partial charge in [0.15, 0.2) is 5.57 Å². The van der Waals surface area contributed by atoms with Crippen LogP contribution in [0, 0.1) is 0 Å². The van der Waals surface area contributed by atoms with Gasteiger partial charge in [-0.1, -0.05) is 0 Å². The number of carbonyl (C=O) groups excluding carboxylic acids is 2. The summed E-state index contributed by atoms with van der Waals surface area (Å²) in [6.45, 7) is 2.43. The number of ether oxygens (including phenoxy) is 2. The minimum absolute atomic E-state index is 0.361. The van der Waals surface area contributed by atoms with E-state index in [-0.39, 0.29) is 5.57 Å². The molecule has 1 heterocycles. The molecule has 7 heteroatoms. The average Bonchev–Trinajstić information content (AvgIpc) is 2.07. The molecule has 0 unspecified atom stereocenters. The first-order chi connectivity index (χ1) is 7.32. The van der Waals surface area contributed by atoms with Crippen LogP contribution in [0.15, 0.2) is 11.8 Å². The van der Waals surface area contributed by atoms with Gasteiger partial charge in [0, 0.05) is 20.0 Å². The molecule has 0 radical (unpaired) electrons. The smallest absolute Gasteiger partial charge is 0.350 e. The van der Waals surface area contributed by atoms with E-state index in [2.05, 4.69) is 5.32 Å². The third kappa shape index (κ3) is 2.97. The number of carboxylic acid groups (broad SMARTS) is 1. The largest absolute Gasteiger partial charge is 0.480 e. The van der Waals surface area contributed by atoms with Gasteiger partial charge in [0.1, 0.15) is 6.54 Å². The monoisotopic (exact) mass is 229 g/mol. The van der Waals surface area contributed by atoms with E-state index in [1.54, 1.807) is 0 Å². The fourth-order valence-corrected chi connectivity index (χ4v) is 1.02. The Morgan fingerprint density at radius 1 is 1.38 bits per heavy atom. The predicted octanol–water partition coefficient (Wildman–Crippen LogP) is -0.619. The Morgan fingerprint density at radius 3 is 2.31 bits per heavy atom. The lowest BCUT2D eigenvalue weighted by atomic mass is 10.2. The SMILES string of the molecule is CC1(C)OC(=O)C(=CNCC(=O)O)C(=O)O1. The van der Waals surface area contributed by atoms with Crippen molar-refractivity contribution in [2.75, 3.05) is 6.54 Å². The highest BCUT2D eigenvalue weighted by atomic mass is 16.7. The van der Waals surface area contributed by atoms with E-state index in [0.717, 1.165) is 6.20 Å². The number of hydrogen-bond acceptors (Lipinski definition) is 6. The first kappa shape index (κ1) is 12.0. The summed E-state index contributed by atoms with van der Waals surface area (Å²) < 4.78 is 9.55. The van der Waals surface area contributed by atoms with Crippen LogP contribution in [0.25, 0.3) is 0 Å². The van der Waals surface area contributed by atoms with E-state index in [1.165, 1.54) is 13.8 Å². The number of aliphatic carboxylic acids is 1. The third-order valence-corrected chi connectivity index (χ3v) is 1.62. The van der Waals surface area contributed by atoms with E-state index in [4.69, 9.17) is 14.6 Å². The third-order valence-electron chi connectivity index (χ3n) is 1.62. The molecule has 1 saturated heterocycles. The average molecular weight is 229 g/mol. The molecule has 1 aliphatic heterocycles. The maximum Gasteiger partial charge on any atom is 0.350 e. The molecule has 2 N–H and O–H groups in total. The molecule has 0 aromatic heterocycles.